The van der Waals surface area contributed by atoms with Crippen LogP contribution in [0.3, 0.4) is 0 Å². The standard InChI is InChI=1S/C29H34FN3O4S/c1-5-31-29(35)27(18-23-9-7-6-8-10-23)32(19-24-12-14-25(30)15-13-24)28(34)20-33(38(4,36)37)26-16-11-21(2)22(3)17-26/h6-17,27H,5,18-20H2,1-4H3,(H,31,35). The molecule has 7 nitrogen and oxygen atoms in total. The lowest BCUT2D eigenvalue weighted by molar-refractivity contribution is -0.140. The average Bonchev–Trinajstić information content (AvgIpc) is 2.87. The number of likely N-dealkylation sites (N-methyl/N-ethyl adjacent to an activating group) is 1. The van der Waals surface area contributed by atoms with E-state index in [1.165, 1.54) is 17.0 Å². The van der Waals surface area contributed by atoms with Crippen molar-refractivity contribution >= 4 is 27.5 Å². The zero-order valence-electron chi connectivity index (χ0n) is 22.1. The minimum atomic E-state index is -3.83. The van der Waals surface area contributed by atoms with Gasteiger partial charge in [-0.05, 0) is 67.3 Å². The summed E-state index contributed by atoms with van der Waals surface area (Å²) in [6.45, 7) is 5.44. The molecule has 1 atom stereocenters. The molecule has 202 valence electrons. The summed E-state index contributed by atoms with van der Waals surface area (Å²) in [4.78, 5) is 28.6. The van der Waals surface area contributed by atoms with Crippen molar-refractivity contribution in [1.82, 2.24) is 10.2 Å². The number of nitrogens with one attached hydrogen (secondary N) is 1. The molecule has 0 aliphatic carbocycles. The lowest BCUT2D eigenvalue weighted by Crippen LogP contribution is -2.53. The Balaban J connectivity index is 2.04. The summed E-state index contributed by atoms with van der Waals surface area (Å²) >= 11 is 0. The number of hydrogen-bond acceptors (Lipinski definition) is 4. The molecule has 0 saturated heterocycles. The van der Waals surface area contributed by atoms with Gasteiger partial charge in [0.1, 0.15) is 18.4 Å². The van der Waals surface area contributed by atoms with Crippen LogP contribution in [0.25, 0.3) is 0 Å². The number of anilines is 1. The Morgan fingerprint density at radius 3 is 2.16 bits per heavy atom. The minimum absolute atomic E-state index is 0.00171. The summed E-state index contributed by atoms with van der Waals surface area (Å²) in [5, 5.41) is 2.80. The molecule has 3 aromatic rings. The molecule has 0 aliphatic heterocycles. The van der Waals surface area contributed by atoms with E-state index in [4.69, 9.17) is 0 Å². The highest BCUT2D eigenvalue weighted by Crippen LogP contribution is 2.23. The zero-order chi connectivity index (χ0) is 27.9. The summed E-state index contributed by atoms with van der Waals surface area (Å²) in [5.74, 6) is -1.33. The maximum absolute atomic E-state index is 13.9. The summed E-state index contributed by atoms with van der Waals surface area (Å²) in [6.07, 6.45) is 1.27. The van der Waals surface area contributed by atoms with E-state index in [9.17, 15) is 22.4 Å². The summed E-state index contributed by atoms with van der Waals surface area (Å²) < 4.78 is 40.3. The number of hydrogen-bond donors (Lipinski definition) is 1. The first-order valence-corrected chi connectivity index (χ1v) is 14.2. The van der Waals surface area contributed by atoms with Crippen LogP contribution in [0.15, 0.2) is 72.8 Å². The fourth-order valence-corrected chi connectivity index (χ4v) is 4.97. The van der Waals surface area contributed by atoms with Gasteiger partial charge in [0.05, 0.1) is 11.9 Å². The molecule has 0 aliphatic rings. The predicted molar refractivity (Wildman–Crippen MR) is 148 cm³/mol. The molecule has 38 heavy (non-hydrogen) atoms. The SMILES string of the molecule is CCNC(=O)C(Cc1ccccc1)N(Cc1ccc(F)cc1)C(=O)CN(c1ccc(C)c(C)c1)S(C)(=O)=O. The zero-order valence-corrected chi connectivity index (χ0v) is 23.0. The van der Waals surface area contributed by atoms with E-state index < -0.39 is 34.3 Å². The van der Waals surface area contributed by atoms with Crippen molar-refractivity contribution < 1.29 is 22.4 Å². The molecule has 0 aromatic heterocycles. The Kier molecular flexibility index (Phi) is 9.63. The maximum Gasteiger partial charge on any atom is 0.244 e. The molecule has 2 amide bonds. The molecule has 0 bridgehead atoms. The lowest BCUT2D eigenvalue weighted by atomic mass is 10.0. The largest absolute Gasteiger partial charge is 0.355 e. The van der Waals surface area contributed by atoms with Gasteiger partial charge in [-0.1, -0.05) is 48.5 Å². The second-order valence-corrected chi connectivity index (χ2v) is 11.2. The number of rotatable bonds is 11. The van der Waals surface area contributed by atoms with Crippen LogP contribution in [0.2, 0.25) is 0 Å². The number of halogens is 1. The van der Waals surface area contributed by atoms with Crippen LogP contribution in [0.1, 0.15) is 29.2 Å². The first-order chi connectivity index (χ1) is 18.0. The van der Waals surface area contributed by atoms with E-state index >= 15 is 0 Å². The van der Waals surface area contributed by atoms with Crippen LogP contribution < -0.4 is 9.62 Å². The Morgan fingerprint density at radius 1 is 0.921 bits per heavy atom. The fourth-order valence-electron chi connectivity index (χ4n) is 4.13. The Labute approximate surface area is 224 Å². The minimum Gasteiger partial charge on any atom is -0.355 e. The average molecular weight is 540 g/mol. The maximum atomic E-state index is 13.9. The summed E-state index contributed by atoms with van der Waals surface area (Å²) in [7, 11) is -3.83. The molecule has 0 radical (unpaired) electrons. The first-order valence-electron chi connectivity index (χ1n) is 12.4. The molecule has 0 heterocycles. The first kappa shape index (κ1) is 28.8. The number of carbonyl (C=O) groups is 2. The number of carbonyl (C=O) groups excluding carboxylic acids is 2. The third kappa shape index (κ3) is 7.64. The van der Waals surface area contributed by atoms with Crippen molar-refractivity contribution in [3.8, 4) is 0 Å². The monoisotopic (exact) mass is 539 g/mol. The van der Waals surface area contributed by atoms with Crippen LogP contribution in [0.4, 0.5) is 10.1 Å². The third-order valence-electron chi connectivity index (χ3n) is 6.35. The van der Waals surface area contributed by atoms with Crippen LogP contribution in [0.5, 0.6) is 0 Å². The predicted octanol–water partition coefficient (Wildman–Crippen LogP) is 3.98. The molecule has 1 unspecified atom stereocenters. The Bertz CT molecular complexity index is 1360. The fraction of sp³-hybridized carbons (Fsp3) is 0.310. The molecule has 0 spiro atoms. The van der Waals surface area contributed by atoms with Crippen LogP contribution in [0, 0.1) is 19.7 Å². The van der Waals surface area contributed by atoms with Gasteiger partial charge in [-0.3, -0.25) is 13.9 Å². The van der Waals surface area contributed by atoms with E-state index in [1.807, 2.05) is 44.2 Å². The van der Waals surface area contributed by atoms with Gasteiger partial charge in [-0.25, -0.2) is 12.8 Å². The van der Waals surface area contributed by atoms with E-state index in [0.29, 0.717) is 17.8 Å². The number of amides is 2. The van der Waals surface area contributed by atoms with Crippen molar-refractivity contribution in [2.24, 2.45) is 0 Å². The molecule has 9 heteroatoms. The molecular formula is C29H34FN3O4S. The van der Waals surface area contributed by atoms with Crippen molar-refractivity contribution in [1.29, 1.82) is 0 Å². The van der Waals surface area contributed by atoms with E-state index in [-0.39, 0.29) is 18.9 Å². The number of benzene rings is 3. The van der Waals surface area contributed by atoms with Crippen molar-refractivity contribution in [2.75, 3.05) is 23.7 Å². The van der Waals surface area contributed by atoms with Gasteiger partial charge in [-0.2, -0.15) is 0 Å². The summed E-state index contributed by atoms with van der Waals surface area (Å²) in [6, 6.07) is 19.2. The smallest absolute Gasteiger partial charge is 0.244 e. The van der Waals surface area contributed by atoms with Gasteiger partial charge in [0.15, 0.2) is 0 Å². The number of nitrogens with zero attached hydrogens (tertiary/aromatic N) is 2. The van der Waals surface area contributed by atoms with Crippen LogP contribution in [-0.4, -0.2) is 50.5 Å². The Hall–Kier alpha value is -3.72. The quantitative estimate of drug-likeness (QED) is 0.399. The number of sulfonamides is 1. The number of aryl methyl sites for hydroxylation is 2. The molecule has 1 N–H and O–H groups in total. The summed E-state index contributed by atoms with van der Waals surface area (Å²) in [5.41, 5.74) is 3.69. The third-order valence-corrected chi connectivity index (χ3v) is 7.49. The topological polar surface area (TPSA) is 86.8 Å². The molecular weight excluding hydrogens is 505 g/mol. The molecule has 0 fully saturated rings. The van der Waals surface area contributed by atoms with Crippen molar-refractivity contribution in [3.63, 3.8) is 0 Å². The van der Waals surface area contributed by atoms with Gasteiger partial charge >= 0.3 is 0 Å². The van der Waals surface area contributed by atoms with Crippen molar-refractivity contribution in [2.45, 2.75) is 39.8 Å². The second-order valence-electron chi connectivity index (χ2n) is 9.29. The van der Waals surface area contributed by atoms with Gasteiger partial charge < -0.3 is 10.2 Å². The van der Waals surface area contributed by atoms with Gasteiger partial charge in [0, 0.05) is 19.5 Å². The highest BCUT2D eigenvalue weighted by molar-refractivity contribution is 7.92. The molecule has 3 aromatic carbocycles. The normalized spacial score (nSPS) is 12.0. The van der Waals surface area contributed by atoms with Gasteiger partial charge in [0.2, 0.25) is 21.8 Å². The lowest BCUT2D eigenvalue weighted by Gasteiger charge is -2.33. The van der Waals surface area contributed by atoms with E-state index in [1.54, 1.807) is 37.3 Å². The van der Waals surface area contributed by atoms with Crippen LogP contribution >= 0.6 is 0 Å². The van der Waals surface area contributed by atoms with E-state index in [0.717, 1.165) is 27.3 Å². The van der Waals surface area contributed by atoms with Crippen LogP contribution in [-0.2, 0) is 32.6 Å². The van der Waals surface area contributed by atoms with E-state index in [2.05, 4.69) is 5.32 Å². The Morgan fingerprint density at radius 2 is 1.58 bits per heavy atom. The van der Waals surface area contributed by atoms with Gasteiger partial charge in [0.25, 0.3) is 0 Å². The van der Waals surface area contributed by atoms with Crippen molar-refractivity contribution in [3.05, 3.63) is 101 Å². The molecule has 0 saturated carbocycles. The highest BCUT2D eigenvalue weighted by Gasteiger charge is 2.32. The highest BCUT2D eigenvalue weighted by atomic mass is 32.2. The molecule has 3 rings (SSSR count). The van der Waals surface area contributed by atoms with Gasteiger partial charge in [-0.15, -0.1) is 0 Å². The second kappa shape index (κ2) is 12.7.